The van der Waals surface area contributed by atoms with Gasteiger partial charge in [-0.1, -0.05) is 30.3 Å². The van der Waals surface area contributed by atoms with Crippen molar-refractivity contribution in [2.45, 2.75) is 29.7 Å². The third-order valence-electron chi connectivity index (χ3n) is 4.35. The molecule has 0 spiro atoms. The average Bonchev–Trinajstić information content (AvgIpc) is 3.37. The topological polar surface area (TPSA) is 64.6 Å². The van der Waals surface area contributed by atoms with Crippen molar-refractivity contribution in [2.24, 2.45) is 0 Å². The second-order valence-corrected chi connectivity index (χ2v) is 7.85. The summed E-state index contributed by atoms with van der Waals surface area (Å²) in [5.41, 5.74) is 1.17. The molecule has 2 aromatic carbocycles. The molecule has 0 saturated heterocycles. The summed E-state index contributed by atoms with van der Waals surface area (Å²) in [6.45, 7) is 1.11. The monoisotopic (exact) mass is 345 g/mol. The summed E-state index contributed by atoms with van der Waals surface area (Å²) >= 11 is 0. The maximum atomic E-state index is 12.6. The van der Waals surface area contributed by atoms with Crippen LogP contribution in [0.3, 0.4) is 0 Å². The van der Waals surface area contributed by atoms with Crippen molar-refractivity contribution in [2.75, 3.05) is 13.2 Å². The molecule has 6 heteroatoms. The van der Waals surface area contributed by atoms with E-state index in [2.05, 4.69) is 4.72 Å². The van der Waals surface area contributed by atoms with Gasteiger partial charge in [-0.05, 0) is 24.1 Å². The number of ether oxygens (including phenoxy) is 2. The van der Waals surface area contributed by atoms with Crippen molar-refractivity contribution in [3.63, 3.8) is 0 Å². The molecular weight excluding hydrogens is 326 g/mol. The normalized spacial score (nSPS) is 22.7. The second kappa shape index (κ2) is 6.11. The Balaban J connectivity index is 1.51. The Labute approximate surface area is 141 Å². The lowest BCUT2D eigenvalue weighted by atomic mass is 10.1. The minimum absolute atomic E-state index is 0.0478. The number of hydrogen-bond acceptors (Lipinski definition) is 4. The zero-order valence-electron chi connectivity index (χ0n) is 13.1. The number of fused-ring (bicyclic) bond motifs is 1. The highest BCUT2D eigenvalue weighted by molar-refractivity contribution is 7.89. The van der Waals surface area contributed by atoms with E-state index in [0.29, 0.717) is 24.7 Å². The Morgan fingerprint density at radius 1 is 0.958 bits per heavy atom. The van der Waals surface area contributed by atoms with Crippen LogP contribution in [0.15, 0.2) is 53.4 Å². The van der Waals surface area contributed by atoms with Crippen molar-refractivity contribution in [3.05, 3.63) is 54.1 Å². The number of hydrogen-bond donors (Lipinski definition) is 1. The van der Waals surface area contributed by atoms with E-state index in [1.165, 1.54) is 5.56 Å². The fraction of sp³-hybridized carbons (Fsp3) is 0.333. The Morgan fingerprint density at radius 3 is 2.50 bits per heavy atom. The first kappa shape index (κ1) is 15.5. The number of sulfonamides is 1. The van der Waals surface area contributed by atoms with E-state index in [1.54, 1.807) is 18.2 Å². The molecule has 1 aliphatic carbocycles. The van der Waals surface area contributed by atoms with Crippen molar-refractivity contribution >= 4 is 10.0 Å². The molecule has 2 aliphatic rings. The van der Waals surface area contributed by atoms with Crippen LogP contribution in [-0.2, 0) is 10.0 Å². The molecule has 2 aromatic rings. The molecule has 1 heterocycles. The van der Waals surface area contributed by atoms with E-state index in [4.69, 9.17) is 9.47 Å². The van der Waals surface area contributed by atoms with Crippen LogP contribution in [0.1, 0.15) is 24.3 Å². The van der Waals surface area contributed by atoms with Gasteiger partial charge in [0.25, 0.3) is 0 Å². The molecule has 1 saturated carbocycles. The van der Waals surface area contributed by atoms with E-state index in [0.717, 1.165) is 12.8 Å². The van der Waals surface area contributed by atoms with Gasteiger partial charge in [0.1, 0.15) is 0 Å². The van der Waals surface area contributed by atoms with E-state index >= 15 is 0 Å². The number of rotatable bonds is 4. The molecule has 0 amide bonds. The SMILES string of the molecule is O=S(=O)(N[C@H]1C[C@@H]1c1ccccc1)c1ccc2c(c1)OCCCO2. The van der Waals surface area contributed by atoms with E-state index < -0.39 is 10.0 Å². The molecule has 0 unspecified atom stereocenters. The van der Waals surface area contributed by atoms with E-state index in [1.807, 2.05) is 30.3 Å². The van der Waals surface area contributed by atoms with Gasteiger partial charge in [-0.15, -0.1) is 0 Å². The molecule has 2 atom stereocenters. The van der Waals surface area contributed by atoms with Gasteiger partial charge in [0.05, 0.1) is 18.1 Å². The fourth-order valence-corrected chi connectivity index (χ4v) is 4.28. The number of nitrogens with one attached hydrogen (secondary N) is 1. The molecular formula is C18H19NO4S. The van der Waals surface area contributed by atoms with E-state index in [-0.39, 0.29) is 16.9 Å². The van der Waals surface area contributed by atoms with Crippen LogP contribution in [0.5, 0.6) is 11.5 Å². The largest absolute Gasteiger partial charge is 0.490 e. The summed E-state index contributed by atoms with van der Waals surface area (Å²) in [6, 6.07) is 14.7. The highest BCUT2D eigenvalue weighted by atomic mass is 32.2. The first-order chi connectivity index (χ1) is 11.6. The number of benzene rings is 2. The summed E-state index contributed by atoms with van der Waals surface area (Å²) in [7, 11) is -3.57. The van der Waals surface area contributed by atoms with Crippen LogP contribution in [0.4, 0.5) is 0 Å². The van der Waals surface area contributed by atoms with Crippen LogP contribution in [0, 0.1) is 0 Å². The maximum absolute atomic E-state index is 12.6. The van der Waals surface area contributed by atoms with Crippen LogP contribution >= 0.6 is 0 Å². The van der Waals surface area contributed by atoms with Gasteiger partial charge in [0.15, 0.2) is 11.5 Å². The van der Waals surface area contributed by atoms with Crippen LogP contribution in [0.25, 0.3) is 0 Å². The van der Waals surface area contributed by atoms with Gasteiger partial charge < -0.3 is 9.47 Å². The average molecular weight is 345 g/mol. The third-order valence-corrected chi connectivity index (χ3v) is 5.84. The lowest BCUT2D eigenvalue weighted by Gasteiger charge is -2.11. The molecule has 126 valence electrons. The lowest BCUT2D eigenvalue weighted by molar-refractivity contribution is 0.297. The quantitative estimate of drug-likeness (QED) is 0.925. The Morgan fingerprint density at radius 2 is 1.71 bits per heavy atom. The smallest absolute Gasteiger partial charge is 0.240 e. The predicted molar refractivity (Wildman–Crippen MR) is 90.0 cm³/mol. The molecule has 0 radical (unpaired) electrons. The van der Waals surface area contributed by atoms with Gasteiger partial charge in [-0.2, -0.15) is 0 Å². The third kappa shape index (κ3) is 3.12. The summed E-state index contributed by atoms with van der Waals surface area (Å²) in [6.07, 6.45) is 1.61. The lowest BCUT2D eigenvalue weighted by Crippen LogP contribution is -2.26. The second-order valence-electron chi connectivity index (χ2n) is 6.14. The van der Waals surface area contributed by atoms with Crippen LogP contribution < -0.4 is 14.2 Å². The van der Waals surface area contributed by atoms with Crippen molar-refractivity contribution in [3.8, 4) is 11.5 Å². The highest BCUT2D eigenvalue weighted by Crippen LogP contribution is 2.41. The summed E-state index contributed by atoms with van der Waals surface area (Å²) in [4.78, 5) is 0.213. The zero-order chi connectivity index (χ0) is 16.6. The molecule has 0 bridgehead atoms. The first-order valence-corrected chi connectivity index (χ1v) is 9.59. The standard InChI is InChI=1S/C18H19NO4S/c20-24(21,19-16-12-15(16)13-5-2-1-3-6-13)14-7-8-17-18(11-14)23-10-4-9-22-17/h1-3,5-8,11,15-16,19H,4,9-10,12H2/t15-,16+/m1/s1. The molecule has 24 heavy (non-hydrogen) atoms. The molecule has 4 rings (SSSR count). The maximum Gasteiger partial charge on any atom is 0.240 e. The van der Waals surface area contributed by atoms with Gasteiger partial charge in [0.2, 0.25) is 10.0 Å². The summed E-state index contributed by atoms with van der Waals surface area (Å²) in [5.74, 6) is 1.34. The van der Waals surface area contributed by atoms with Gasteiger partial charge in [-0.3, -0.25) is 0 Å². The Kier molecular flexibility index (Phi) is 3.94. The van der Waals surface area contributed by atoms with Crippen molar-refractivity contribution < 1.29 is 17.9 Å². The Bertz CT molecular complexity index is 835. The van der Waals surface area contributed by atoms with Gasteiger partial charge in [-0.25, -0.2) is 13.1 Å². The van der Waals surface area contributed by atoms with Gasteiger partial charge in [0, 0.05) is 24.4 Å². The summed E-state index contributed by atoms with van der Waals surface area (Å²) in [5, 5.41) is 0. The Hall–Kier alpha value is -2.05. The van der Waals surface area contributed by atoms with Crippen LogP contribution in [0.2, 0.25) is 0 Å². The van der Waals surface area contributed by atoms with Gasteiger partial charge >= 0.3 is 0 Å². The summed E-state index contributed by atoms with van der Waals surface area (Å²) < 4.78 is 39.2. The predicted octanol–water partition coefficient (Wildman–Crippen LogP) is 2.68. The minimum atomic E-state index is -3.57. The molecule has 1 N–H and O–H groups in total. The fourth-order valence-electron chi connectivity index (χ4n) is 2.97. The zero-order valence-corrected chi connectivity index (χ0v) is 14.0. The van der Waals surface area contributed by atoms with Crippen molar-refractivity contribution in [1.29, 1.82) is 0 Å². The molecule has 1 aliphatic heterocycles. The highest BCUT2D eigenvalue weighted by Gasteiger charge is 2.41. The molecule has 5 nitrogen and oxygen atoms in total. The molecule has 0 aromatic heterocycles. The van der Waals surface area contributed by atoms with Crippen LogP contribution in [-0.4, -0.2) is 27.7 Å². The van der Waals surface area contributed by atoms with Crippen molar-refractivity contribution in [1.82, 2.24) is 4.72 Å². The first-order valence-electron chi connectivity index (χ1n) is 8.10. The minimum Gasteiger partial charge on any atom is -0.490 e. The van der Waals surface area contributed by atoms with E-state index in [9.17, 15) is 8.42 Å². The molecule has 1 fully saturated rings.